The smallest absolute Gasteiger partial charge is 0.0940 e. The predicted octanol–water partition coefficient (Wildman–Crippen LogP) is 2.01. The van der Waals surface area contributed by atoms with Crippen molar-refractivity contribution in [2.45, 2.75) is 20.3 Å². The van der Waals surface area contributed by atoms with Gasteiger partial charge < -0.3 is 0 Å². The normalized spacial score (nSPS) is 13.4. The van der Waals surface area contributed by atoms with Crippen molar-refractivity contribution >= 4 is 0 Å². The topological polar surface area (TPSA) is 47.6 Å². The minimum atomic E-state index is 0.0169. The van der Waals surface area contributed by atoms with E-state index < -0.39 is 0 Å². The van der Waals surface area contributed by atoms with Gasteiger partial charge in [-0.25, -0.2) is 0 Å². The third kappa shape index (κ3) is 3.69. The maximum absolute atomic E-state index is 8.36. The lowest BCUT2D eigenvalue weighted by atomic mass is 10.1. The fourth-order valence-electron chi connectivity index (χ4n) is 0.452. The van der Waals surface area contributed by atoms with Gasteiger partial charge in [0.2, 0.25) is 0 Å². The molecule has 0 aromatic rings. The molecule has 0 radical (unpaired) electrons. The lowest BCUT2D eigenvalue weighted by Gasteiger charge is -1.93. The Morgan fingerprint density at radius 1 is 1.60 bits per heavy atom. The van der Waals surface area contributed by atoms with Gasteiger partial charge in [0, 0.05) is 11.5 Å². The Morgan fingerprint density at radius 3 is 2.60 bits per heavy atom. The summed E-state index contributed by atoms with van der Waals surface area (Å²) in [7, 11) is 0. The van der Waals surface area contributed by atoms with Crippen molar-refractivity contribution in [3.63, 3.8) is 0 Å². The summed E-state index contributed by atoms with van der Waals surface area (Å²) in [6, 6.07) is 4.09. The molecule has 10 heavy (non-hydrogen) atoms. The van der Waals surface area contributed by atoms with E-state index in [1.165, 1.54) is 0 Å². The molecule has 0 aromatic heterocycles. The van der Waals surface area contributed by atoms with E-state index in [9.17, 15) is 0 Å². The molecule has 2 nitrogen and oxygen atoms in total. The van der Waals surface area contributed by atoms with Crippen molar-refractivity contribution in [3.8, 4) is 12.1 Å². The number of rotatable bonds is 2. The van der Waals surface area contributed by atoms with Gasteiger partial charge in [-0.2, -0.15) is 10.5 Å². The van der Waals surface area contributed by atoms with Crippen molar-refractivity contribution in [2.24, 2.45) is 5.92 Å². The molecule has 0 saturated carbocycles. The van der Waals surface area contributed by atoms with Crippen LogP contribution in [-0.4, -0.2) is 0 Å². The summed E-state index contributed by atoms with van der Waals surface area (Å²) < 4.78 is 0. The van der Waals surface area contributed by atoms with Crippen LogP contribution in [0.1, 0.15) is 20.3 Å². The summed E-state index contributed by atoms with van der Waals surface area (Å²) in [6.07, 6.45) is 2.46. The molecule has 0 aromatic carbocycles. The minimum absolute atomic E-state index is 0.0169. The van der Waals surface area contributed by atoms with Crippen LogP contribution in [0.2, 0.25) is 0 Å². The van der Waals surface area contributed by atoms with Gasteiger partial charge in [0.25, 0.3) is 0 Å². The summed E-state index contributed by atoms with van der Waals surface area (Å²) in [5.74, 6) is 0.0169. The minimum Gasteiger partial charge on any atom is -0.198 e. The van der Waals surface area contributed by atoms with Crippen LogP contribution in [0.15, 0.2) is 11.6 Å². The third-order valence-electron chi connectivity index (χ3n) is 1.17. The Kier molecular flexibility index (Phi) is 4.00. The van der Waals surface area contributed by atoms with E-state index in [2.05, 4.69) is 6.07 Å². The molecule has 0 amide bonds. The molecule has 0 unspecified atom stereocenters. The van der Waals surface area contributed by atoms with E-state index in [4.69, 9.17) is 10.5 Å². The number of nitriles is 2. The van der Waals surface area contributed by atoms with Crippen molar-refractivity contribution < 1.29 is 0 Å². The van der Waals surface area contributed by atoms with Gasteiger partial charge in [-0.05, 0) is 20.3 Å². The van der Waals surface area contributed by atoms with Crippen LogP contribution in [0.5, 0.6) is 0 Å². The Hall–Kier alpha value is -1.28. The number of hydrogen-bond acceptors (Lipinski definition) is 2. The molecular weight excluding hydrogens is 124 g/mol. The molecule has 0 aliphatic rings. The highest BCUT2D eigenvalue weighted by atomic mass is 14.3. The molecule has 0 aliphatic carbocycles. The summed E-state index contributed by atoms with van der Waals surface area (Å²) >= 11 is 0. The molecule has 0 spiro atoms. The molecule has 0 N–H and O–H groups in total. The molecule has 0 bridgehead atoms. The lowest BCUT2D eigenvalue weighted by molar-refractivity contribution is 0.758. The molecule has 1 atom stereocenters. The Morgan fingerprint density at radius 2 is 2.20 bits per heavy atom. The number of hydrogen-bond donors (Lipinski definition) is 0. The zero-order valence-corrected chi connectivity index (χ0v) is 6.26. The van der Waals surface area contributed by atoms with E-state index in [-0.39, 0.29) is 5.92 Å². The molecule has 0 saturated heterocycles. The van der Waals surface area contributed by atoms with E-state index in [0.29, 0.717) is 12.0 Å². The molecule has 0 rings (SSSR count). The zero-order valence-electron chi connectivity index (χ0n) is 6.26. The zero-order chi connectivity index (χ0) is 7.98. The van der Waals surface area contributed by atoms with Crippen LogP contribution >= 0.6 is 0 Å². The van der Waals surface area contributed by atoms with E-state index in [1.54, 1.807) is 13.0 Å². The highest BCUT2D eigenvalue weighted by molar-refractivity contribution is 5.17. The average Bonchev–Trinajstić information content (AvgIpc) is 1.99. The van der Waals surface area contributed by atoms with Crippen LogP contribution < -0.4 is 0 Å². The van der Waals surface area contributed by atoms with E-state index in [1.807, 2.05) is 13.0 Å². The molecule has 0 aliphatic heterocycles. The second-order valence-electron chi connectivity index (χ2n) is 2.26. The highest BCUT2D eigenvalue weighted by Gasteiger charge is 1.94. The van der Waals surface area contributed by atoms with Gasteiger partial charge in [-0.15, -0.1) is 0 Å². The second kappa shape index (κ2) is 4.58. The van der Waals surface area contributed by atoms with Crippen molar-refractivity contribution in [3.05, 3.63) is 11.6 Å². The predicted molar refractivity (Wildman–Crippen MR) is 38.8 cm³/mol. The van der Waals surface area contributed by atoms with E-state index in [0.717, 1.165) is 0 Å². The number of allylic oxidation sites excluding steroid dienone is 2. The van der Waals surface area contributed by atoms with Gasteiger partial charge in [-0.1, -0.05) is 6.08 Å². The molecule has 0 fully saturated rings. The highest BCUT2D eigenvalue weighted by Crippen LogP contribution is 2.02. The maximum atomic E-state index is 8.36. The summed E-state index contributed by atoms with van der Waals surface area (Å²) in [5.41, 5.74) is 0.683. The lowest BCUT2D eigenvalue weighted by Crippen LogP contribution is -1.85. The van der Waals surface area contributed by atoms with Gasteiger partial charge >= 0.3 is 0 Å². The maximum Gasteiger partial charge on any atom is 0.0940 e. The van der Waals surface area contributed by atoms with Crippen LogP contribution in [0, 0.1) is 28.6 Å². The first-order valence-electron chi connectivity index (χ1n) is 3.17. The van der Waals surface area contributed by atoms with Crippen LogP contribution in [0.25, 0.3) is 0 Å². The first kappa shape index (κ1) is 8.72. The molecular formula is C8H10N2. The summed E-state index contributed by atoms with van der Waals surface area (Å²) in [5, 5.41) is 16.7. The van der Waals surface area contributed by atoms with Gasteiger partial charge in [-0.3, -0.25) is 0 Å². The van der Waals surface area contributed by atoms with E-state index >= 15 is 0 Å². The van der Waals surface area contributed by atoms with Gasteiger partial charge in [0.05, 0.1) is 12.1 Å². The fourth-order valence-corrected chi connectivity index (χ4v) is 0.452. The van der Waals surface area contributed by atoms with Crippen LogP contribution in [-0.2, 0) is 0 Å². The van der Waals surface area contributed by atoms with Gasteiger partial charge in [0.15, 0.2) is 0 Å². The first-order chi connectivity index (χ1) is 4.70. The third-order valence-corrected chi connectivity index (χ3v) is 1.17. The number of nitrogens with zero attached hydrogens (tertiary/aromatic N) is 2. The first-order valence-corrected chi connectivity index (χ1v) is 3.17. The largest absolute Gasteiger partial charge is 0.198 e. The van der Waals surface area contributed by atoms with Crippen molar-refractivity contribution in [1.82, 2.24) is 0 Å². The second-order valence-corrected chi connectivity index (χ2v) is 2.26. The van der Waals surface area contributed by atoms with Crippen LogP contribution in [0.3, 0.4) is 0 Å². The standard InChI is InChI=1S/C8H10N2/c1-7(5-9)3-4-8(2)6-10/h3,8H,4H2,1-2H3/b7-3+/t8-/m1/s1. The Labute approximate surface area is 61.4 Å². The average molecular weight is 134 g/mol. The molecule has 2 heteroatoms. The SMILES string of the molecule is C/C(C#N)=C\C[C@@H](C)C#N. The fraction of sp³-hybridized carbons (Fsp3) is 0.500. The van der Waals surface area contributed by atoms with Gasteiger partial charge in [0.1, 0.15) is 0 Å². The molecule has 0 heterocycles. The Bertz CT molecular complexity index is 202. The van der Waals surface area contributed by atoms with Crippen molar-refractivity contribution in [2.75, 3.05) is 0 Å². The monoisotopic (exact) mass is 134 g/mol. The summed E-state index contributed by atoms with van der Waals surface area (Å²) in [6.45, 7) is 3.57. The van der Waals surface area contributed by atoms with Crippen molar-refractivity contribution in [1.29, 1.82) is 10.5 Å². The molecule has 52 valence electrons. The van der Waals surface area contributed by atoms with Crippen LogP contribution in [0.4, 0.5) is 0 Å². The summed E-state index contributed by atoms with van der Waals surface area (Å²) in [4.78, 5) is 0. The quantitative estimate of drug-likeness (QED) is 0.542. The Balaban J connectivity index is 3.78.